The average Bonchev–Trinajstić information content (AvgIpc) is 2.73. The number of hydrogen-bond acceptors (Lipinski definition) is 3. The van der Waals surface area contributed by atoms with Crippen LogP contribution in [0.25, 0.3) is 0 Å². The summed E-state index contributed by atoms with van der Waals surface area (Å²) < 4.78 is 7.69. The van der Waals surface area contributed by atoms with Crippen LogP contribution in [-0.4, -0.2) is 16.2 Å². The van der Waals surface area contributed by atoms with Crippen molar-refractivity contribution in [1.29, 1.82) is 0 Å². The minimum Gasteiger partial charge on any atom is -0.493 e. The van der Waals surface area contributed by atoms with Gasteiger partial charge in [-0.1, -0.05) is 18.2 Å². The van der Waals surface area contributed by atoms with Crippen LogP contribution in [0.1, 0.15) is 24.5 Å². The van der Waals surface area contributed by atoms with Crippen LogP contribution in [0.2, 0.25) is 0 Å². The van der Waals surface area contributed by atoms with E-state index in [2.05, 4.69) is 4.98 Å². The maximum absolute atomic E-state index is 5.86. The summed E-state index contributed by atoms with van der Waals surface area (Å²) in [7, 11) is 1.99. The second-order valence-corrected chi connectivity index (χ2v) is 4.36. The number of aromatic nitrogens is 2. The highest BCUT2D eigenvalue weighted by Gasteiger charge is 2.09. The van der Waals surface area contributed by atoms with E-state index in [0.717, 1.165) is 23.7 Å². The number of ether oxygens (including phenoxy) is 1. The monoisotopic (exact) mass is 245 g/mol. The second kappa shape index (κ2) is 5.69. The fraction of sp³-hybridized carbons (Fsp3) is 0.357. The molecule has 1 unspecified atom stereocenters. The molecule has 2 aromatic rings. The molecule has 2 rings (SSSR count). The van der Waals surface area contributed by atoms with E-state index in [1.165, 1.54) is 0 Å². The van der Waals surface area contributed by atoms with Crippen LogP contribution in [0, 0.1) is 0 Å². The molecule has 0 aliphatic carbocycles. The molecule has 4 heteroatoms. The van der Waals surface area contributed by atoms with Gasteiger partial charge in [-0.15, -0.1) is 0 Å². The molecule has 1 aromatic carbocycles. The highest BCUT2D eigenvalue weighted by molar-refractivity contribution is 5.21. The molecule has 1 aromatic heterocycles. The zero-order valence-corrected chi connectivity index (χ0v) is 10.8. The van der Waals surface area contributed by atoms with Gasteiger partial charge < -0.3 is 15.0 Å². The predicted molar refractivity (Wildman–Crippen MR) is 71.5 cm³/mol. The molecular weight excluding hydrogens is 226 g/mol. The van der Waals surface area contributed by atoms with Gasteiger partial charge >= 0.3 is 0 Å². The topological polar surface area (TPSA) is 53.1 Å². The van der Waals surface area contributed by atoms with Crippen LogP contribution in [0.5, 0.6) is 5.75 Å². The Morgan fingerprint density at radius 2 is 2.06 bits per heavy atom. The molecule has 18 heavy (non-hydrogen) atoms. The fourth-order valence-corrected chi connectivity index (χ4v) is 1.90. The molecule has 0 radical (unpaired) electrons. The molecule has 1 heterocycles. The Morgan fingerprint density at radius 1 is 1.33 bits per heavy atom. The highest BCUT2D eigenvalue weighted by Crippen LogP contribution is 2.12. The van der Waals surface area contributed by atoms with Gasteiger partial charge in [0, 0.05) is 19.5 Å². The van der Waals surface area contributed by atoms with E-state index in [0.29, 0.717) is 6.61 Å². The van der Waals surface area contributed by atoms with Crippen LogP contribution >= 0.6 is 0 Å². The Bertz CT molecular complexity index is 491. The normalized spacial score (nSPS) is 12.4. The lowest BCUT2D eigenvalue weighted by Gasteiger charge is -2.09. The Hall–Kier alpha value is -1.81. The molecule has 0 aliphatic heterocycles. The third kappa shape index (κ3) is 2.90. The zero-order valence-electron chi connectivity index (χ0n) is 10.8. The van der Waals surface area contributed by atoms with Gasteiger partial charge in [-0.25, -0.2) is 4.98 Å². The van der Waals surface area contributed by atoms with E-state index < -0.39 is 0 Å². The predicted octanol–water partition coefficient (Wildman–Crippen LogP) is 2.06. The number of para-hydroxylation sites is 1. The summed E-state index contributed by atoms with van der Waals surface area (Å²) in [4.78, 5) is 4.37. The maximum atomic E-state index is 5.86. The summed E-state index contributed by atoms with van der Waals surface area (Å²) in [5.41, 5.74) is 6.90. The lowest BCUT2D eigenvalue weighted by Crippen LogP contribution is -2.12. The average molecular weight is 245 g/mol. The van der Waals surface area contributed by atoms with Crippen molar-refractivity contribution in [3.05, 3.63) is 48.0 Å². The third-order valence-corrected chi connectivity index (χ3v) is 2.92. The first kappa shape index (κ1) is 12.6. The SMILES string of the molecule is CC(N)c1cnc(CCOc2ccccc2)n1C. The van der Waals surface area contributed by atoms with Gasteiger partial charge in [0.1, 0.15) is 11.6 Å². The zero-order chi connectivity index (χ0) is 13.0. The molecule has 0 fully saturated rings. The van der Waals surface area contributed by atoms with Crippen LogP contribution in [0.15, 0.2) is 36.5 Å². The van der Waals surface area contributed by atoms with Gasteiger partial charge in [-0.05, 0) is 19.1 Å². The van der Waals surface area contributed by atoms with E-state index in [4.69, 9.17) is 10.5 Å². The molecule has 0 saturated heterocycles. The van der Waals surface area contributed by atoms with Crippen LogP contribution in [0.3, 0.4) is 0 Å². The quantitative estimate of drug-likeness (QED) is 0.877. The number of rotatable bonds is 5. The molecule has 0 spiro atoms. The number of imidazole rings is 1. The van der Waals surface area contributed by atoms with Gasteiger partial charge in [-0.2, -0.15) is 0 Å². The molecule has 4 nitrogen and oxygen atoms in total. The van der Waals surface area contributed by atoms with Crippen LogP contribution in [0.4, 0.5) is 0 Å². The van der Waals surface area contributed by atoms with Crippen molar-refractivity contribution in [3.8, 4) is 5.75 Å². The fourth-order valence-electron chi connectivity index (χ4n) is 1.90. The maximum Gasteiger partial charge on any atom is 0.119 e. The number of benzene rings is 1. The lowest BCUT2D eigenvalue weighted by molar-refractivity contribution is 0.317. The first-order valence-corrected chi connectivity index (χ1v) is 6.12. The summed E-state index contributed by atoms with van der Waals surface area (Å²) in [6.45, 7) is 2.58. The Labute approximate surface area is 107 Å². The third-order valence-electron chi connectivity index (χ3n) is 2.92. The van der Waals surface area contributed by atoms with Crippen molar-refractivity contribution >= 4 is 0 Å². The van der Waals surface area contributed by atoms with Gasteiger partial charge in [0.2, 0.25) is 0 Å². The molecule has 0 saturated carbocycles. The van der Waals surface area contributed by atoms with E-state index >= 15 is 0 Å². The van der Waals surface area contributed by atoms with Gasteiger partial charge in [0.25, 0.3) is 0 Å². The molecule has 0 amide bonds. The number of hydrogen-bond donors (Lipinski definition) is 1. The molecule has 0 bridgehead atoms. The highest BCUT2D eigenvalue weighted by atomic mass is 16.5. The molecule has 2 N–H and O–H groups in total. The van der Waals surface area contributed by atoms with E-state index in [1.54, 1.807) is 0 Å². The smallest absolute Gasteiger partial charge is 0.119 e. The summed E-state index contributed by atoms with van der Waals surface area (Å²) in [6, 6.07) is 9.80. The van der Waals surface area contributed by atoms with Crippen molar-refractivity contribution in [2.75, 3.05) is 6.61 Å². The van der Waals surface area contributed by atoms with E-state index in [1.807, 2.05) is 55.1 Å². The molecule has 96 valence electrons. The Kier molecular flexibility index (Phi) is 3.99. The van der Waals surface area contributed by atoms with E-state index in [9.17, 15) is 0 Å². The summed E-state index contributed by atoms with van der Waals surface area (Å²) in [5.74, 6) is 1.89. The number of nitrogens with zero attached hydrogens (tertiary/aromatic N) is 2. The molecular formula is C14H19N3O. The van der Waals surface area contributed by atoms with Gasteiger partial charge in [0.05, 0.1) is 18.5 Å². The summed E-state index contributed by atoms with van der Waals surface area (Å²) in [5, 5.41) is 0. The second-order valence-electron chi connectivity index (χ2n) is 4.36. The van der Waals surface area contributed by atoms with Crippen molar-refractivity contribution in [3.63, 3.8) is 0 Å². The molecule has 0 aliphatic rings. The van der Waals surface area contributed by atoms with Crippen molar-refractivity contribution in [2.24, 2.45) is 12.8 Å². The first-order chi connectivity index (χ1) is 8.68. The van der Waals surface area contributed by atoms with Crippen LogP contribution < -0.4 is 10.5 Å². The minimum absolute atomic E-state index is 0.00583. The van der Waals surface area contributed by atoms with E-state index in [-0.39, 0.29) is 6.04 Å². The van der Waals surface area contributed by atoms with Gasteiger partial charge in [-0.3, -0.25) is 0 Å². The largest absolute Gasteiger partial charge is 0.493 e. The number of nitrogens with two attached hydrogens (primary N) is 1. The van der Waals surface area contributed by atoms with Crippen molar-refractivity contribution in [1.82, 2.24) is 9.55 Å². The van der Waals surface area contributed by atoms with Crippen molar-refractivity contribution < 1.29 is 4.74 Å². The van der Waals surface area contributed by atoms with Crippen LogP contribution in [-0.2, 0) is 13.5 Å². The minimum atomic E-state index is 0.00583. The Balaban J connectivity index is 1.91. The first-order valence-electron chi connectivity index (χ1n) is 6.12. The standard InChI is InChI=1S/C14H19N3O/c1-11(15)13-10-16-14(17(13)2)8-9-18-12-6-4-3-5-7-12/h3-7,10-11H,8-9,15H2,1-2H3. The summed E-state index contributed by atoms with van der Waals surface area (Å²) >= 11 is 0. The molecule has 1 atom stereocenters. The lowest BCUT2D eigenvalue weighted by atomic mass is 10.3. The van der Waals surface area contributed by atoms with Gasteiger partial charge in [0.15, 0.2) is 0 Å². The summed E-state index contributed by atoms with van der Waals surface area (Å²) in [6.07, 6.45) is 2.61. The van der Waals surface area contributed by atoms with Crippen molar-refractivity contribution in [2.45, 2.75) is 19.4 Å². The Morgan fingerprint density at radius 3 is 2.67 bits per heavy atom.